The van der Waals surface area contributed by atoms with Crippen LogP contribution >= 0.6 is 22.6 Å². The molecule has 2 unspecified atom stereocenters. The van der Waals surface area contributed by atoms with Crippen molar-refractivity contribution < 1.29 is 15.3 Å². The smallest absolute Gasteiger partial charge is 0.133 e. The van der Waals surface area contributed by atoms with Gasteiger partial charge in [-0.2, -0.15) is 0 Å². The van der Waals surface area contributed by atoms with Gasteiger partial charge in [0.25, 0.3) is 0 Å². The van der Waals surface area contributed by atoms with E-state index in [2.05, 4.69) is 0 Å². The molecule has 0 saturated heterocycles. The lowest BCUT2D eigenvalue weighted by Gasteiger charge is -2.05. The van der Waals surface area contributed by atoms with Crippen molar-refractivity contribution in [3.05, 3.63) is 0 Å². The van der Waals surface area contributed by atoms with Crippen LogP contribution in [0.15, 0.2) is 0 Å². The first kappa shape index (κ1) is 11.9. The van der Waals surface area contributed by atoms with Crippen molar-refractivity contribution in [2.45, 2.75) is 10.2 Å². The highest BCUT2D eigenvalue weighted by molar-refractivity contribution is 14.1. The van der Waals surface area contributed by atoms with E-state index >= 15 is 0 Å². The summed E-state index contributed by atoms with van der Waals surface area (Å²) in [5.74, 6) is 0. The van der Waals surface area contributed by atoms with Gasteiger partial charge < -0.3 is 15.3 Å². The number of halogens is 1. The van der Waals surface area contributed by atoms with Crippen LogP contribution < -0.4 is 0 Å². The molecule has 3 nitrogen and oxygen atoms in total. The van der Waals surface area contributed by atoms with Crippen molar-refractivity contribution >= 4 is 40.0 Å². The molecule has 3 N–H and O–H groups in total. The quantitative estimate of drug-likeness (QED) is 0.322. The van der Waals surface area contributed by atoms with Gasteiger partial charge in [0, 0.05) is 17.4 Å². The van der Waals surface area contributed by atoms with E-state index in [1.165, 1.54) is 0 Å². The molecule has 0 amide bonds. The Balaban J connectivity index is 0. The standard InChI is InChI=1S/C3H7IO3.Al/c4-3(7)2(6)1-5;/h2-3,5-7H,1H2;. The molecule has 0 aromatic heterocycles. The largest absolute Gasteiger partial charge is 0.394 e. The lowest BCUT2D eigenvalue weighted by molar-refractivity contribution is 0.0358. The molecule has 0 aliphatic rings. The Morgan fingerprint density at radius 2 is 1.75 bits per heavy atom. The fraction of sp³-hybridized carbons (Fsp3) is 1.00. The summed E-state index contributed by atoms with van der Waals surface area (Å²) in [5, 5.41) is 24.9. The molecule has 5 heteroatoms. The van der Waals surface area contributed by atoms with Crippen molar-refractivity contribution in [3.63, 3.8) is 0 Å². The Hall–Kier alpha value is 1.14. The molecule has 8 heavy (non-hydrogen) atoms. The summed E-state index contributed by atoms with van der Waals surface area (Å²) in [4.78, 5) is 0. The summed E-state index contributed by atoms with van der Waals surface area (Å²) in [6.45, 7) is -0.385. The van der Waals surface area contributed by atoms with E-state index in [0.29, 0.717) is 0 Å². The zero-order chi connectivity index (χ0) is 5.86. The van der Waals surface area contributed by atoms with Crippen LogP contribution in [0.5, 0.6) is 0 Å². The third-order valence-corrected chi connectivity index (χ3v) is 1.33. The van der Waals surface area contributed by atoms with E-state index in [4.69, 9.17) is 15.3 Å². The number of rotatable bonds is 2. The number of hydrogen-bond donors (Lipinski definition) is 3. The Morgan fingerprint density at radius 3 is 1.75 bits per heavy atom. The highest BCUT2D eigenvalue weighted by Gasteiger charge is 2.08. The molecule has 0 rings (SSSR count). The predicted molar refractivity (Wildman–Crippen MR) is 38.9 cm³/mol. The molecule has 0 aliphatic carbocycles. The summed E-state index contributed by atoms with van der Waals surface area (Å²) >= 11 is 1.61. The van der Waals surface area contributed by atoms with Crippen LogP contribution in [0.1, 0.15) is 0 Å². The molecule has 0 saturated carbocycles. The van der Waals surface area contributed by atoms with Crippen molar-refractivity contribution in [2.75, 3.05) is 6.61 Å². The predicted octanol–water partition coefficient (Wildman–Crippen LogP) is -1.29. The van der Waals surface area contributed by atoms with Crippen LogP contribution in [-0.2, 0) is 0 Å². The second-order valence-corrected chi connectivity index (χ2v) is 2.40. The van der Waals surface area contributed by atoms with E-state index in [1.807, 2.05) is 0 Å². The van der Waals surface area contributed by atoms with Gasteiger partial charge in [0.05, 0.1) is 6.61 Å². The fourth-order valence-corrected chi connectivity index (χ4v) is 0.314. The fourth-order valence-electron chi connectivity index (χ4n) is 0.0870. The molecule has 0 aliphatic heterocycles. The minimum absolute atomic E-state index is 0. The second kappa shape index (κ2) is 6.27. The molecule has 2 atom stereocenters. The molecule has 0 spiro atoms. The first-order valence-corrected chi connectivity index (χ1v) is 3.04. The molecule has 0 fully saturated rings. The molecule has 0 bridgehead atoms. The van der Waals surface area contributed by atoms with Gasteiger partial charge in [-0.3, -0.25) is 0 Å². The maximum absolute atomic E-state index is 8.43. The first-order valence-electron chi connectivity index (χ1n) is 1.79. The van der Waals surface area contributed by atoms with E-state index in [0.717, 1.165) is 0 Å². The van der Waals surface area contributed by atoms with E-state index in [1.54, 1.807) is 22.6 Å². The number of aliphatic hydroxyl groups excluding tert-OH is 3. The van der Waals surface area contributed by atoms with Crippen LogP contribution in [0.2, 0.25) is 0 Å². The van der Waals surface area contributed by atoms with Gasteiger partial charge in [-0.15, -0.1) is 0 Å². The number of hydrogen-bond acceptors (Lipinski definition) is 3. The highest BCUT2D eigenvalue weighted by atomic mass is 127. The first-order chi connectivity index (χ1) is 3.18. The van der Waals surface area contributed by atoms with Crippen LogP contribution in [0.25, 0.3) is 0 Å². The lowest BCUT2D eigenvalue weighted by atomic mass is 10.4. The Kier molecular flexibility index (Phi) is 9.31. The van der Waals surface area contributed by atoms with Gasteiger partial charge >= 0.3 is 0 Å². The molecule has 0 heterocycles. The maximum Gasteiger partial charge on any atom is 0.133 e. The second-order valence-electron chi connectivity index (χ2n) is 1.12. The number of aliphatic hydroxyl groups is 3. The SMILES string of the molecule is OCC(O)C(O)I.[Al]. The van der Waals surface area contributed by atoms with Crippen LogP contribution in [0.4, 0.5) is 0 Å². The molecular weight excluding hydrogens is 238 g/mol. The van der Waals surface area contributed by atoms with Crippen molar-refractivity contribution in [1.82, 2.24) is 0 Å². The van der Waals surface area contributed by atoms with Crippen LogP contribution in [0, 0.1) is 0 Å². The average Bonchev–Trinajstić information content (AvgIpc) is 1.65. The van der Waals surface area contributed by atoms with Crippen molar-refractivity contribution in [1.29, 1.82) is 0 Å². The minimum atomic E-state index is -0.999. The maximum atomic E-state index is 8.43. The topological polar surface area (TPSA) is 60.7 Å². The monoisotopic (exact) mass is 245 g/mol. The van der Waals surface area contributed by atoms with Crippen LogP contribution in [0.3, 0.4) is 0 Å². The lowest BCUT2D eigenvalue weighted by Crippen LogP contribution is -2.23. The molecule has 0 aromatic carbocycles. The molecule has 3 radical (unpaired) electrons. The van der Waals surface area contributed by atoms with Gasteiger partial charge in [-0.05, 0) is 22.6 Å². The van der Waals surface area contributed by atoms with E-state index in [9.17, 15) is 0 Å². The third-order valence-electron chi connectivity index (χ3n) is 0.505. The van der Waals surface area contributed by atoms with E-state index < -0.39 is 10.2 Å². The Morgan fingerprint density at radius 1 is 1.38 bits per heavy atom. The van der Waals surface area contributed by atoms with Gasteiger partial charge in [0.15, 0.2) is 0 Å². The van der Waals surface area contributed by atoms with Crippen molar-refractivity contribution in [3.8, 4) is 0 Å². The molecule has 0 aromatic rings. The zero-order valence-electron chi connectivity index (χ0n) is 4.16. The van der Waals surface area contributed by atoms with Crippen molar-refractivity contribution in [2.24, 2.45) is 0 Å². The van der Waals surface area contributed by atoms with E-state index in [-0.39, 0.29) is 24.0 Å². The minimum Gasteiger partial charge on any atom is -0.394 e. The number of alkyl halides is 1. The summed E-state index contributed by atoms with van der Waals surface area (Å²) < 4.78 is -0.859. The molecule has 47 valence electrons. The summed E-state index contributed by atoms with van der Waals surface area (Å²) in [6.07, 6.45) is -0.999. The highest BCUT2D eigenvalue weighted by Crippen LogP contribution is 1.99. The summed E-state index contributed by atoms with van der Waals surface area (Å²) in [6, 6.07) is 0. The Labute approximate surface area is 72.0 Å². The third kappa shape index (κ3) is 5.28. The van der Waals surface area contributed by atoms with Gasteiger partial charge in [0.1, 0.15) is 10.2 Å². The van der Waals surface area contributed by atoms with Gasteiger partial charge in [0.2, 0.25) is 0 Å². The normalized spacial score (nSPS) is 16.5. The Bertz CT molecular complexity index is 51.8. The average molecular weight is 245 g/mol. The van der Waals surface area contributed by atoms with Crippen LogP contribution in [-0.4, -0.2) is 49.5 Å². The van der Waals surface area contributed by atoms with Gasteiger partial charge in [-0.1, -0.05) is 0 Å². The van der Waals surface area contributed by atoms with Gasteiger partial charge in [-0.25, -0.2) is 0 Å². The summed E-state index contributed by atoms with van der Waals surface area (Å²) in [5.41, 5.74) is 0. The molecular formula is C3H7AlIO3. The zero-order valence-corrected chi connectivity index (χ0v) is 7.47. The summed E-state index contributed by atoms with van der Waals surface area (Å²) in [7, 11) is 0.